The van der Waals surface area contributed by atoms with Crippen LogP contribution in [-0.4, -0.2) is 12.6 Å². The third-order valence-electron chi connectivity index (χ3n) is 7.77. The Labute approximate surface area is 168 Å². The van der Waals surface area contributed by atoms with Crippen molar-refractivity contribution in [2.75, 3.05) is 6.54 Å². The van der Waals surface area contributed by atoms with Crippen molar-refractivity contribution in [1.82, 2.24) is 5.32 Å². The molecule has 0 aromatic heterocycles. The molecule has 1 aliphatic heterocycles. The summed E-state index contributed by atoms with van der Waals surface area (Å²) in [6.45, 7) is 10.6. The summed E-state index contributed by atoms with van der Waals surface area (Å²) in [6.07, 6.45) is 23.4. The fourth-order valence-corrected chi connectivity index (χ4v) is 5.45. The molecule has 27 heavy (non-hydrogen) atoms. The van der Waals surface area contributed by atoms with Gasteiger partial charge in [-0.2, -0.15) is 0 Å². The largest absolute Gasteiger partial charge is 0.313 e. The molecule has 0 aromatic rings. The van der Waals surface area contributed by atoms with Gasteiger partial charge in [-0.15, -0.1) is 0 Å². The van der Waals surface area contributed by atoms with Gasteiger partial charge < -0.3 is 5.32 Å². The molecule has 3 aliphatic rings. The third kappa shape index (κ3) is 5.37. The molecule has 1 saturated heterocycles. The first kappa shape index (κ1) is 20.9. The summed E-state index contributed by atoms with van der Waals surface area (Å²) < 4.78 is 0. The van der Waals surface area contributed by atoms with Crippen LogP contribution in [0.1, 0.15) is 91.9 Å². The van der Waals surface area contributed by atoms with Gasteiger partial charge in [-0.25, -0.2) is 0 Å². The standard InChI is InChI=1S/C26H43N/c1-5-21(6-2)24(14-9-8-13-23-17-22(23)7-3)18-25-26(4,15-16-27-25)19-20-11-10-12-20/h5,8,13,19,22-25,27H,6-7,9-12,14-18H2,1-4H3/b13-8-,21-5+. The van der Waals surface area contributed by atoms with Crippen LogP contribution in [0.3, 0.4) is 0 Å². The van der Waals surface area contributed by atoms with Crippen LogP contribution in [0.25, 0.3) is 0 Å². The van der Waals surface area contributed by atoms with Gasteiger partial charge in [-0.3, -0.25) is 0 Å². The SMILES string of the molecule is C/C=C(\CC)C(CC/C=C\C1CC1CC)CC1NCCC1(C)C=C1CCC1. The molecule has 3 fully saturated rings. The summed E-state index contributed by atoms with van der Waals surface area (Å²) in [6, 6.07) is 0.647. The summed E-state index contributed by atoms with van der Waals surface area (Å²) in [7, 11) is 0. The lowest BCUT2D eigenvalue weighted by atomic mass is 9.73. The van der Waals surface area contributed by atoms with E-state index < -0.39 is 0 Å². The van der Waals surface area contributed by atoms with E-state index in [0.29, 0.717) is 11.5 Å². The highest BCUT2D eigenvalue weighted by Gasteiger charge is 2.39. The first-order valence-electron chi connectivity index (χ1n) is 11.8. The van der Waals surface area contributed by atoms with E-state index in [2.05, 4.69) is 57.3 Å². The van der Waals surface area contributed by atoms with Gasteiger partial charge in [-0.1, -0.05) is 62.6 Å². The van der Waals surface area contributed by atoms with Gasteiger partial charge in [0.05, 0.1) is 0 Å². The number of hydrogen-bond donors (Lipinski definition) is 1. The van der Waals surface area contributed by atoms with Crippen LogP contribution in [0.4, 0.5) is 0 Å². The smallest absolute Gasteiger partial charge is 0.0162 e. The molecule has 3 rings (SSSR count). The van der Waals surface area contributed by atoms with Crippen molar-refractivity contribution in [3.8, 4) is 0 Å². The second kappa shape index (κ2) is 9.59. The highest BCUT2D eigenvalue weighted by Crippen LogP contribution is 2.43. The average molecular weight is 370 g/mol. The lowest BCUT2D eigenvalue weighted by molar-refractivity contribution is 0.302. The number of rotatable bonds is 10. The molecule has 2 saturated carbocycles. The van der Waals surface area contributed by atoms with Gasteiger partial charge in [0.15, 0.2) is 0 Å². The number of allylic oxidation sites excluding steroid dienone is 5. The van der Waals surface area contributed by atoms with E-state index in [1.807, 2.05) is 0 Å². The number of hydrogen-bond acceptors (Lipinski definition) is 1. The quantitative estimate of drug-likeness (QED) is 0.401. The fourth-order valence-electron chi connectivity index (χ4n) is 5.45. The third-order valence-corrected chi connectivity index (χ3v) is 7.77. The second-order valence-electron chi connectivity index (χ2n) is 9.64. The maximum absolute atomic E-state index is 3.88. The van der Waals surface area contributed by atoms with Crippen LogP contribution in [0.15, 0.2) is 35.5 Å². The van der Waals surface area contributed by atoms with Crippen LogP contribution in [-0.2, 0) is 0 Å². The molecule has 0 spiro atoms. The van der Waals surface area contributed by atoms with Crippen molar-refractivity contribution in [3.05, 3.63) is 35.5 Å². The first-order valence-corrected chi connectivity index (χ1v) is 11.8. The van der Waals surface area contributed by atoms with Gasteiger partial charge in [0.2, 0.25) is 0 Å². The van der Waals surface area contributed by atoms with Gasteiger partial charge in [0.25, 0.3) is 0 Å². The minimum Gasteiger partial charge on any atom is -0.313 e. The van der Waals surface area contributed by atoms with Crippen LogP contribution in [0.2, 0.25) is 0 Å². The molecule has 1 heterocycles. The summed E-state index contributed by atoms with van der Waals surface area (Å²) in [5, 5.41) is 3.88. The Bertz CT molecular complexity index is 563. The normalized spacial score (nSPS) is 34.7. The molecule has 1 heteroatoms. The summed E-state index contributed by atoms with van der Waals surface area (Å²) >= 11 is 0. The summed E-state index contributed by atoms with van der Waals surface area (Å²) in [5.41, 5.74) is 3.77. The Kier molecular flexibility index (Phi) is 7.42. The van der Waals surface area contributed by atoms with E-state index in [-0.39, 0.29) is 0 Å². The summed E-state index contributed by atoms with van der Waals surface area (Å²) in [4.78, 5) is 0. The molecule has 0 radical (unpaired) electrons. The van der Waals surface area contributed by atoms with E-state index >= 15 is 0 Å². The minimum absolute atomic E-state index is 0.374. The summed E-state index contributed by atoms with van der Waals surface area (Å²) in [5.74, 6) is 2.62. The molecule has 0 aromatic carbocycles. The molecule has 0 bridgehead atoms. The number of nitrogens with one attached hydrogen (secondary N) is 1. The minimum atomic E-state index is 0.374. The van der Waals surface area contributed by atoms with Gasteiger partial charge in [0, 0.05) is 11.5 Å². The Balaban J connectivity index is 1.59. The molecule has 0 amide bonds. The zero-order valence-corrected chi connectivity index (χ0v) is 18.4. The molecule has 2 aliphatic carbocycles. The van der Waals surface area contributed by atoms with Crippen molar-refractivity contribution < 1.29 is 0 Å². The second-order valence-corrected chi connectivity index (χ2v) is 9.64. The van der Waals surface area contributed by atoms with E-state index in [9.17, 15) is 0 Å². The molecular formula is C26H43N. The lowest BCUT2D eigenvalue weighted by Crippen LogP contribution is -2.36. The van der Waals surface area contributed by atoms with Crippen LogP contribution in [0.5, 0.6) is 0 Å². The highest BCUT2D eigenvalue weighted by molar-refractivity contribution is 5.19. The van der Waals surface area contributed by atoms with Crippen molar-refractivity contribution in [3.63, 3.8) is 0 Å². The molecular weight excluding hydrogens is 326 g/mol. The Morgan fingerprint density at radius 3 is 2.70 bits per heavy atom. The lowest BCUT2D eigenvalue weighted by Gasteiger charge is -2.34. The first-order chi connectivity index (χ1) is 13.1. The monoisotopic (exact) mass is 369 g/mol. The van der Waals surface area contributed by atoms with Gasteiger partial charge in [0.1, 0.15) is 0 Å². The van der Waals surface area contributed by atoms with Crippen molar-refractivity contribution in [2.24, 2.45) is 23.2 Å². The van der Waals surface area contributed by atoms with E-state index in [1.54, 1.807) is 11.1 Å². The molecule has 5 atom stereocenters. The Morgan fingerprint density at radius 1 is 1.30 bits per heavy atom. The van der Waals surface area contributed by atoms with Crippen LogP contribution in [0, 0.1) is 23.2 Å². The Hall–Kier alpha value is -0.820. The molecule has 5 unspecified atom stereocenters. The molecule has 152 valence electrons. The fraction of sp³-hybridized carbons (Fsp3) is 0.769. The maximum Gasteiger partial charge on any atom is 0.0162 e. The van der Waals surface area contributed by atoms with Crippen molar-refractivity contribution in [2.45, 2.75) is 97.9 Å². The van der Waals surface area contributed by atoms with Crippen molar-refractivity contribution in [1.29, 1.82) is 0 Å². The van der Waals surface area contributed by atoms with Crippen molar-refractivity contribution >= 4 is 0 Å². The van der Waals surface area contributed by atoms with E-state index in [4.69, 9.17) is 0 Å². The zero-order chi connectivity index (χ0) is 19.3. The average Bonchev–Trinajstić information content (AvgIpc) is 3.31. The zero-order valence-electron chi connectivity index (χ0n) is 18.4. The highest BCUT2D eigenvalue weighted by atomic mass is 15.0. The van der Waals surface area contributed by atoms with Gasteiger partial charge >= 0.3 is 0 Å². The van der Waals surface area contributed by atoms with E-state index in [0.717, 1.165) is 17.8 Å². The molecule has 1 nitrogen and oxygen atoms in total. The predicted octanol–water partition coefficient (Wildman–Crippen LogP) is 7.21. The van der Waals surface area contributed by atoms with Crippen LogP contribution >= 0.6 is 0 Å². The Morgan fingerprint density at radius 2 is 2.11 bits per heavy atom. The predicted molar refractivity (Wildman–Crippen MR) is 119 cm³/mol. The molecule has 1 N–H and O–H groups in total. The topological polar surface area (TPSA) is 12.0 Å². The van der Waals surface area contributed by atoms with E-state index in [1.165, 1.54) is 70.8 Å². The maximum atomic E-state index is 3.88. The van der Waals surface area contributed by atoms with Crippen LogP contribution < -0.4 is 5.32 Å². The van der Waals surface area contributed by atoms with Gasteiger partial charge in [-0.05, 0) is 89.0 Å².